The van der Waals surface area contributed by atoms with E-state index in [9.17, 15) is 4.79 Å². The van der Waals surface area contributed by atoms with Gasteiger partial charge in [-0.15, -0.1) is 10.2 Å². The molecule has 1 heterocycles. The number of ketones is 1. The van der Waals surface area contributed by atoms with E-state index in [-0.39, 0.29) is 18.1 Å². The van der Waals surface area contributed by atoms with Crippen LogP contribution in [0.5, 0.6) is 5.75 Å². The number of Topliss-reactive ketones (excluding diaryl/α,β-unsaturated/α-hetero) is 1. The molecule has 2 aromatic carbocycles. The van der Waals surface area contributed by atoms with Gasteiger partial charge >= 0.3 is 0 Å². The van der Waals surface area contributed by atoms with E-state index in [0.29, 0.717) is 22.6 Å². The number of hydrogen-bond donors (Lipinski definition) is 0. The Morgan fingerprint density at radius 1 is 1.07 bits per heavy atom. The first-order valence-electron chi connectivity index (χ1n) is 8.79. The molecule has 0 saturated carbocycles. The Morgan fingerprint density at radius 2 is 1.78 bits per heavy atom. The summed E-state index contributed by atoms with van der Waals surface area (Å²) in [6.07, 6.45) is 0. The topological polar surface area (TPSA) is 65.2 Å². The van der Waals surface area contributed by atoms with Crippen molar-refractivity contribution in [3.63, 3.8) is 0 Å². The fraction of sp³-hybridized carbons (Fsp3) is 0.286. The van der Waals surface area contributed by atoms with Gasteiger partial charge < -0.3 is 9.15 Å². The molecule has 0 unspecified atom stereocenters. The monoisotopic (exact) mass is 382 g/mol. The van der Waals surface area contributed by atoms with Crippen LogP contribution in [0.4, 0.5) is 0 Å². The molecule has 0 atom stereocenters. The van der Waals surface area contributed by atoms with Crippen LogP contribution in [0.25, 0.3) is 0 Å². The highest BCUT2D eigenvalue weighted by molar-refractivity contribution is 7.99. The zero-order valence-corrected chi connectivity index (χ0v) is 16.5. The number of thioether (sulfide) groups is 1. The first-order valence-corrected chi connectivity index (χ1v) is 9.77. The van der Waals surface area contributed by atoms with Crippen LogP contribution in [0.15, 0.2) is 58.2 Å². The fourth-order valence-corrected chi connectivity index (χ4v) is 3.07. The van der Waals surface area contributed by atoms with Gasteiger partial charge in [-0.25, -0.2) is 0 Å². The maximum absolute atomic E-state index is 12.2. The van der Waals surface area contributed by atoms with Gasteiger partial charge in [0.15, 0.2) is 12.4 Å². The van der Waals surface area contributed by atoms with Crippen molar-refractivity contribution in [3.8, 4) is 5.75 Å². The van der Waals surface area contributed by atoms with Gasteiger partial charge in [0.05, 0.1) is 5.75 Å². The van der Waals surface area contributed by atoms with E-state index in [1.807, 2.05) is 55.5 Å². The molecule has 0 aliphatic carbocycles. The van der Waals surface area contributed by atoms with Crippen molar-refractivity contribution >= 4 is 17.5 Å². The molecule has 0 bridgehead atoms. The van der Waals surface area contributed by atoms with Crippen molar-refractivity contribution in [2.24, 2.45) is 0 Å². The van der Waals surface area contributed by atoms with E-state index in [4.69, 9.17) is 9.15 Å². The second-order valence-electron chi connectivity index (χ2n) is 6.55. The second-order valence-corrected chi connectivity index (χ2v) is 7.48. The van der Waals surface area contributed by atoms with Crippen LogP contribution >= 0.6 is 11.8 Å². The number of hydrogen-bond acceptors (Lipinski definition) is 6. The van der Waals surface area contributed by atoms with Gasteiger partial charge in [-0.05, 0) is 30.5 Å². The molecule has 0 aliphatic rings. The lowest BCUT2D eigenvalue weighted by atomic mass is 10.0. The average Bonchev–Trinajstić information content (AvgIpc) is 3.13. The largest absolute Gasteiger partial charge is 0.484 e. The lowest BCUT2D eigenvalue weighted by Gasteiger charge is -2.07. The number of carbonyl (C=O) groups is 1. The van der Waals surface area contributed by atoms with Crippen molar-refractivity contribution in [1.29, 1.82) is 0 Å². The van der Waals surface area contributed by atoms with Crippen molar-refractivity contribution in [2.75, 3.05) is 5.75 Å². The van der Waals surface area contributed by atoms with Crippen LogP contribution in [0.3, 0.4) is 0 Å². The van der Waals surface area contributed by atoms with E-state index < -0.39 is 0 Å². The molecule has 3 rings (SSSR count). The summed E-state index contributed by atoms with van der Waals surface area (Å²) >= 11 is 1.23. The van der Waals surface area contributed by atoms with Gasteiger partial charge in [-0.3, -0.25) is 4.79 Å². The number of nitrogens with zero attached hydrogens (tertiary/aromatic N) is 2. The molecular formula is C21H22N2O3S. The quantitative estimate of drug-likeness (QED) is 0.401. The second kappa shape index (κ2) is 8.86. The highest BCUT2D eigenvalue weighted by atomic mass is 32.2. The summed E-state index contributed by atoms with van der Waals surface area (Å²) in [5, 5.41) is 8.29. The molecule has 0 saturated heterocycles. The third kappa shape index (κ3) is 5.44. The summed E-state index contributed by atoms with van der Waals surface area (Å²) in [5.41, 5.74) is 3.07. The SMILES string of the molecule is Cc1ccc(C(=O)CSc2nnc(COc3ccc(C(C)C)cc3)o2)cc1. The van der Waals surface area contributed by atoms with Gasteiger partial charge in [0, 0.05) is 5.56 Å². The molecule has 0 radical (unpaired) electrons. The van der Waals surface area contributed by atoms with E-state index in [1.54, 1.807) is 0 Å². The van der Waals surface area contributed by atoms with Crippen molar-refractivity contribution in [1.82, 2.24) is 10.2 Å². The van der Waals surface area contributed by atoms with Crippen molar-refractivity contribution in [3.05, 3.63) is 71.1 Å². The van der Waals surface area contributed by atoms with E-state index >= 15 is 0 Å². The summed E-state index contributed by atoms with van der Waals surface area (Å²) in [6.45, 7) is 6.48. The number of aryl methyl sites for hydroxylation is 1. The minimum absolute atomic E-state index is 0.0289. The Hall–Kier alpha value is -2.60. The molecular weight excluding hydrogens is 360 g/mol. The molecule has 0 N–H and O–H groups in total. The number of aromatic nitrogens is 2. The standard InChI is InChI=1S/C21H22N2O3S/c1-14(2)16-8-10-18(11-9-16)25-12-20-22-23-21(26-20)27-13-19(24)17-6-4-15(3)5-7-17/h4-11,14H,12-13H2,1-3H3. The molecule has 6 heteroatoms. The summed E-state index contributed by atoms with van der Waals surface area (Å²) < 4.78 is 11.2. The normalized spacial score (nSPS) is 11.0. The lowest BCUT2D eigenvalue weighted by molar-refractivity contribution is 0.102. The molecule has 3 aromatic rings. The Bertz CT molecular complexity index is 887. The third-order valence-corrected chi connectivity index (χ3v) is 4.88. The van der Waals surface area contributed by atoms with E-state index in [2.05, 4.69) is 24.0 Å². The van der Waals surface area contributed by atoms with Gasteiger partial charge in [-0.2, -0.15) is 0 Å². The molecule has 0 fully saturated rings. The minimum Gasteiger partial charge on any atom is -0.484 e. The minimum atomic E-state index is 0.0289. The summed E-state index contributed by atoms with van der Waals surface area (Å²) in [5.74, 6) is 1.90. The number of ether oxygens (including phenoxy) is 1. The van der Waals surface area contributed by atoms with Crippen LogP contribution in [-0.4, -0.2) is 21.7 Å². The number of carbonyl (C=O) groups excluding carboxylic acids is 1. The van der Waals surface area contributed by atoms with Crippen LogP contribution < -0.4 is 4.74 Å². The van der Waals surface area contributed by atoms with Crippen molar-refractivity contribution < 1.29 is 13.9 Å². The predicted octanol–water partition coefficient (Wildman–Crippen LogP) is 5.06. The molecule has 140 valence electrons. The Kier molecular flexibility index (Phi) is 6.29. The maximum atomic E-state index is 12.2. The third-order valence-electron chi connectivity index (χ3n) is 4.06. The number of rotatable bonds is 8. The van der Waals surface area contributed by atoms with E-state index in [1.165, 1.54) is 17.3 Å². The van der Waals surface area contributed by atoms with Gasteiger partial charge in [0.1, 0.15) is 5.75 Å². The first kappa shape index (κ1) is 19.2. The lowest BCUT2D eigenvalue weighted by Crippen LogP contribution is -2.02. The summed E-state index contributed by atoms with van der Waals surface area (Å²) in [6, 6.07) is 15.5. The molecule has 0 aliphatic heterocycles. The van der Waals surface area contributed by atoms with Crippen molar-refractivity contribution in [2.45, 2.75) is 38.5 Å². The van der Waals surface area contributed by atoms with Gasteiger partial charge in [0.2, 0.25) is 0 Å². The fourth-order valence-electron chi connectivity index (χ4n) is 2.40. The predicted molar refractivity (Wildman–Crippen MR) is 105 cm³/mol. The van der Waals surface area contributed by atoms with Gasteiger partial charge in [0.25, 0.3) is 11.1 Å². The van der Waals surface area contributed by atoms with Crippen LogP contribution in [0.1, 0.15) is 47.1 Å². The summed E-state index contributed by atoms with van der Waals surface area (Å²) in [7, 11) is 0. The maximum Gasteiger partial charge on any atom is 0.277 e. The van der Waals surface area contributed by atoms with Crippen LogP contribution in [0, 0.1) is 6.92 Å². The highest BCUT2D eigenvalue weighted by Crippen LogP contribution is 2.21. The van der Waals surface area contributed by atoms with E-state index in [0.717, 1.165) is 11.3 Å². The molecule has 0 amide bonds. The molecule has 27 heavy (non-hydrogen) atoms. The first-order chi connectivity index (χ1) is 13.0. The molecule has 5 nitrogen and oxygen atoms in total. The summed E-state index contributed by atoms with van der Waals surface area (Å²) in [4.78, 5) is 12.2. The smallest absolute Gasteiger partial charge is 0.277 e. The number of benzene rings is 2. The Labute approximate surface area is 163 Å². The molecule has 1 aromatic heterocycles. The highest BCUT2D eigenvalue weighted by Gasteiger charge is 2.12. The van der Waals surface area contributed by atoms with Crippen LogP contribution in [0.2, 0.25) is 0 Å². The average molecular weight is 382 g/mol. The zero-order valence-electron chi connectivity index (χ0n) is 15.6. The zero-order chi connectivity index (χ0) is 19.2. The van der Waals surface area contributed by atoms with Gasteiger partial charge in [-0.1, -0.05) is 67.6 Å². The Morgan fingerprint density at radius 3 is 2.44 bits per heavy atom. The Balaban J connectivity index is 1.49. The van der Waals surface area contributed by atoms with Crippen LogP contribution in [-0.2, 0) is 6.61 Å². The molecule has 0 spiro atoms.